The van der Waals surface area contributed by atoms with Gasteiger partial charge >= 0.3 is 0 Å². The van der Waals surface area contributed by atoms with Crippen LogP contribution in [0, 0.1) is 11.6 Å². The molecule has 1 heterocycles. The molecule has 4 aromatic rings. The van der Waals surface area contributed by atoms with Crippen molar-refractivity contribution in [3.05, 3.63) is 129 Å². The third-order valence-corrected chi connectivity index (χ3v) is 8.70. The number of rotatable bonds is 2. The Balaban J connectivity index is 1.11. The summed E-state index contributed by atoms with van der Waals surface area (Å²) in [6.45, 7) is 2.46. The quantitative estimate of drug-likeness (QED) is 0.270. The number of anilines is 2. The van der Waals surface area contributed by atoms with Crippen molar-refractivity contribution in [2.75, 3.05) is 62.4 Å². The van der Waals surface area contributed by atoms with E-state index in [0.717, 1.165) is 0 Å². The number of nitrogens with zero attached hydrogens (tertiary/aromatic N) is 2. The fraction of sp³-hybridized carbons (Fsp3) is 0.222. The SMILES string of the molecule is O=C1c2cccc(F)c2C(=O)c2c1cccc2N1CCOCCN(c2cccc3c2C(=O)c2c(F)cccc2C3=O)CCOCC1. The number of halogens is 2. The molecule has 0 saturated carbocycles. The zero-order valence-electron chi connectivity index (χ0n) is 24.7. The molecule has 0 unspecified atom stereocenters. The fourth-order valence-electron chi connectivity index (χ4n) is 6.50. The average Bonchev–Trinajstić information content (AvgIpc) is 3.05. The van der Waals surface area contributed by atoms with Crippen LogP contribution in [0.1, 0.15) is 63.7 Å². The van der Waals surface area contributed by atoms with E-state index in [-0.39, 0.29) is 70.9 Å². The second-order valence-electron chi connectivity index (χ2n) is 11.2. The summed E-state index contributed by atoms with van der Waals surface area (Å²) in [5.74, 6) is -3.35. The van der Waals surface area contributed by atoms with Gasteiger partial charge < -0.3 is 19.3 Å². The molecule has 0 N–H and O–H groups in total. The lowest BCUT2D eigenvalue weighted by atomic mass is 9.82. The molecule has 8 nitrogen and oxygen atoms in total. The van der Waals surface area contributed by atoms with Crippen molar-refractivity contribution in [1.82, 2.24) is 0 Å². The van der Waals surface area contributed by atoms with Crippen LogP contribution >= 0.6 is 0 Å². The summed E-state index contributed by atoms with van der Waals surface area (Å²) >= 11 is 0. The third kappa shape index (κ3) is 4.90. The number of hydrogen-bond donors (Lipinski definition) is 0. The van der Waals surface area contributed by atoms with Crippen molar-refractivity contribution in [1.29, 1.82) is 0 Å². The first-order valence-electron chi connectivity index (χ1n) is 15.0. The van der Waals surface area contributed by atoms with Gasteiger partial charge in [0.1, 0.15) is 11.6 Å². The Bertz CT molecular complexity index is 1790. The molecule has 0 aromatic heterocycles. The van der Waals surface area contributed by atoms with E-state index in [4.69, 9.17) is 9.47 Å². The van der Waals surface area contributed by atoms with Gasteiger partial charge in [0.05, 0.1) is 48.7 Å². The number of ketones is 4. The number of fused-ring (bicyclic) bond motifs is 4. The Morgan fingerprint density at radius 3 is 1.13 bits per heavy atom. The Hall–Kier alpha value is -5.06. The van der Waals surface area contributed by atoms with Crippen molar-refractivity contribution in [2.24, 2.45) is 0 Å². The van der Waals surface area contributed by atoms with Gasteiger partial charge in [0.25, 0.3) is 0 Å². The number of benzene rings is 4. The van der Waals surface area contributed by atoms with E-state index in [9.17, 15) is 28.0 Å². The number of carbonyl (C=O) groups is 4. The molecule has 1 fully saturated rings. The minimum atomic E-state index is -0.735. The van der Waals surface area contributed by atoms with Crippen LogP contribution in [0.4, 0.5) is 20.2 Å². The normalized spacial score (nSPS) is 17.0. The van der Waals surface area contributed by atoms with Crippen molar-refractivity contribution in [3.8, 4) is 0 Å². The minimum absolute atomic E-state index is 0.0552. The molecule has 2 aliphatic carbocycles. The van der Waals surface area contributed by atoms with E-state index in [1.807, 2.05) is 9.80 Å². The van der Waals surface area contributed by atoms with Crippen molar-refractivity contribution in [3.63, 3.8) is 0 Å². The number of ether oxygens (including phenoxy) is 2. The monoisotopic (exact) mass is 622 g/mol. The highest BCUT2D eigenvalue weighted by Gasteiger charge is 2.36. The van der Waals surface area contributed by atoms with Crippen LogP contribution in [0.2, 0.25) is 0 Å². The summed E-state index contributed by atoms with van der Waals surface area (Å²) < 4.78 is 41.5. The summed E-state index contributed by atoms with van der Waals surface area (Å²) in [5, 5.41) is 0. The van der Waals surface area contributed by atoms with Crippen molar-refractivity contribution >= 4 is 34.5 Å². The van der Waals surface area contributed by atoms with Crippen LogP contribution in [0.15, 0.2) is 72.8 Å². The standard InChI is InChI=1S/C36H28F2N2O6/c37-25-9-1-5-21-29(25)35(43)31-23(33(21)41)7-3-11-27(31)39-13-17-45-19-15-40(16-20-46-18-14-39)28-12-4-8-24-32(28)36(44)30-22(34(24)42)6-2-10-26(30)38/h1-12H,13-20H2. The van der Waals surface area contributed by atoms with E-state index in [2.05, 4.69) is 0 Å². The van der Waals surface area contributed by atoms with E-state index in [0.29, 0.717) is 37.6 Å². The van der Waals surface area contributed by atoms with E-state index < -0.39 is 34.8 Å². The smallest absolute Gasteiger partial charge is 0.199 e. The minimum Gasteiger partial charge on any atom is -0.378 e. The molecule has 1 saturated heterocycles. The zero-order chi connectivity index (χ0) is 31.9. The maximum Gasteiger partial charge on any atom is 0.199 e. The first-order chi connectivity index (χ1) is 22.4. The lowest BCUT2D eigenvalue weighted by Crippen LogP contribution is -2.38. The molecular weight excluding hydrogens is 594 g/mol. The molecule has 10 heteroatoms. The van der Waals surface area contributed by atoms with Gasteiger partial charge in [0, 0.05) is 59.8 Å². The molecule has 0 amide bonds. The topological polar surface area (TPSA) is 93.2 Å². The van der Waals surface area contributed by atoms with Gasteiger partial charge in [-0.3, -0.25) is 19.2 Å². The second-order valence-corrected chi connectivity index (χ2v) is 11.2. The number of hydrogen-bond acceptors (Lipinski definition) is 8. The van der Waals surface area contributed by atoms with Gasteiger partial charge in [0.15, 0.2) is 23.1 Å². The molecule has 3 aliphatic rings. The molecule has 7 rings (SSSR count). The van der Waals surface area contributed by atoms with Crippen molar-refractivity contribution < 1.29 is 37.4 Å². The predicted octanol–water partition coefficient (Wildman–Crippen LogP) is 4.88. The van der Waals surface area contributed by atoms with E-state index >= 15 is 0 Å². The molecule has 0 radical (unpaired) electrons. The molecule has 4 aromatic carbocycles. The highest BCUT2D eigenvalue weighted by Crippen LogP contribution is 2.36. The highest BCUT2D eigenvalue weighted by atomic mass is 19.1. The maximum absolute atomic E-state index is 14.8. The van der Waals surface area contributed by atoms with Crippen LogP contribution in [0.3, 0.4) is 0 Å². The fourth-order valence-corrected chi connectivity index (χ4v) is 6.50. The highest BCUT2D eigenvalue weighted by molar-refractivity contribution is 6.31. The van der Waals surface area contributed by atoms with Crippen LogP contribution in [-0.2, 0) is 9.47 Å². The summed E-state index contributed by atoms with van der Waals surface area (Å²) in [7, 11) is 0. The molecule has 1 aliphatic heterocycles. The summed E-state index contributed by atoms with van der Waals surface area (Å²) in [4.78, 5) is 57.4. The first-order valence-corrected chi connectivity index (χ1v) is 15.0. The summed E-state index contributed by atoms with van der Waals surface area (Å²) in [6.07, 6.45) is 0. The average molecular weight is 623 g/mol. The molecule has 232 valence electrons. The Morgan fingerprint density at radius 1 is 0.435 bits per heavy atom. The van der Waals surface area contributed by atoms with Gasteiger partial charge in [-0.25, -0.2) is 8.78 Å². The Labute approximate surface area is 263 Å². The summed E-state index contributed by atoms with van der Waals surface area (Å²) in [6, 6.07) is 18.2. The lowest BCUT2D eigenvalue weighted by molar-refractivity contribution is 0.0974. The van der Waals surface area contributed by atoms with Crippen LogP contribution in [0.5, 0.6) is 0 Å². The van der Waals surface area contributed by atoms with Gasteiger partial charge in [-0.05, 0) is 24.3 Å². The molecule has 0 bridgehead atoms. The van der Waals surface area contributed by atoms with Crippen LogP contribution in [0.25, 0.3) is 0 Å². The van der Waals surface area contributed by atoms with Gasteiger partial charge in [-0.2, -0.15) is 0 Å². The summed E-state index contributed by atoms with van der Waals surface area (Å²) in [5.41, 5.74) is 1.46. The van der Waals surface area contributed by atoms with E-state index in [1.54, 1.807) is 36.4 Å². The van der Waals surface area contributed by atoms with Gasteiger partial charge in [-0.1, -0.05) is 48.5 Å². The van der Waals surface area contributed by atoms with Crippen LogP contribution < -0.4 is 9.80 Å². The lowest BCUT2D eigenvalue weighted by Gasteiger charge is -2.32. The Kier molecular flexibility index (Phi) is 7.75. The Morgan fingerprint density at radius 2 is 0.761 bits per heavy atom. The van der Waals surface area contributed by atoms with Gasteiger partial charge in [-0.15, -0.1) is 0 Å². The zero-order valence-corrected chi connectivity index (χ0v) is 24.7. The molecular formula is C36H28F2N2O6. The third-order valence-electron chi connectivity index (χ3n) is 8.70. The maximum atomic E-state index is 14.8. The van der Waals surface area contributed by atoms with E-state index in [1.165, 1.54) is 36.4 Å². The van der Waals surface area contributed by atoms with Gasteiger partial charge in [0.2, 0.25) is 0 Å². The molecule has 0 spiro atoms. The largest absolute Gasteiger partial charge is 0.378 e. The predicted molar refractivity (Wildman–Crippen MR) is 165 cm³/mol. The molecule has 0 atom stereocenters. The first kappa shape index (κ1) is 29.6. The van der Waals surface area contributed by atoms with Crippen LogP contribution in [-0.4, -0.2) is 75.7 Å². The number of carbonyl (C=O) groups excluding carboxylic acids is 4. The second kappa shape index (κ2) is 12.0. The molecule has 46 heavy (non-hydrogen) atoms. The van der Waals surface area contributed by atoms with Crippen molar-refractivity contribution in [2.45, 2.75) is 0 Å².